The lowest BCUT2D eigenvalue weighted by atomic mass is 10.1. The van der Waals surface area contributed by atoms with Gasteiger partial charge in [0, 0.05) is 11.6 Å². The highest BCUT2D eigenvalue weighted by atomic mass is 19.1. The first-order chi connectivity index (χ1) is 9.40. The summed E-state index contributed by atoms with van der Waals surface area (Å²) in [6, 6.07) is 3.22. The van der Waals surface area contributed by atoms with Crippen LogP contribution in [0.25, 0.3) is 0 Å². The van der Waals surface area contributed by atoms with Crippen LogP contribution in [0.15, 0.2) is 18.2 Å². The Bertz CT molecular complexity index is 653. The molecule has 0 atom stereocenters. The van der Waals surface area contributed by atoms with Crippen molar-refractivity contribution in [3.05, 3.63) is 46.8 Å². The van der Waals surface area contributed by atoms with Crippen molar-refractivity contribution in [2.45, 2.75) is 26.3 Å². The second kappa shape index (κ2) is 5.36. The first kappa shape index (κ1) is 14.1. The van der Waals surface area contributed by atoms with Crippen LogP contribution in [0.4, 0.5) is 8.78 Å². The molecule has 2 rings (SSSR count). The maximum absolute atomic E-state index is 13.6. The Morgan fingerprint density at radius 1 is 1.40 bits per heavy atom. The van der Waals surface area contributed by atoms with Crippen LogP contribution in [-0.4, -0.2) is 26.1 Å². The molecule has 1 aromatic heterocycles. The molecule has 0 fully saturated rings. The molecule has 5 nitrogen and oxygen atoms in total. The van der Waals surface area contributed by atoms with Crippen LogP contribution in [0.2, 0.25) is 0 Å². The van der Waals surface area contributed by atoms with Gasteiger partial charge in [0.15, 0.2) is 5.69 Å². The first-order valence-electron chi connectivity index (χ1n) is 6.00. The molecule has 106 valence electrons. The van der Waals surface area contributed by atoms with Crippen molar-refractivity contribution >= 4 is 5.97 Å². The molecule has 0 bridgehead atoms. The minimum Gasteiger partial charge on any atom is -0.476 e. The molecule has 7 heteroatoms. The van der Waals surface area contributed by atoms with Crippen molar-refractivity contribution in [2.75, 3.05) is 0 Å². The molecule has 0 aliphatic heterocycles. The van der Waals surface area contributed by atoms with Crippen LogP contribution in [0, 0.1) is 11.6 Å². The molecule has 0 aliphatic rings. The average molecular weight is 281 g/mol. The van der Waals surface area contributed by atoms with Crippen molar-refractivity contribution in [1.82, 2.24) is 15.0 Å². The number of carboxylic acid groups (broad SMARTS) is 1. The SMILES string of the molecule is CC(C)c1c(C(=O)O)nnn1Cc1ccc(F)cc1F. The van der Waals surface area contributed by atoms with Gasteiger partial charge in [-0.15, -0.1) is 5.10 Å². The van der Waals surface area contributed by atoms with E-state index in [2.05, 4.69) is 10.3 Å². The number of nitrogens with zero attached hydrogens (tertiary/aromatic N) is 3. The third kappa shape index (κ3) is 2.66. The molecule has 0 aliphatic carbocycles. The van der Waals surface area contributed by atoms with Crippen molar-refractivity contribution in [3.8, 4) is 0 Å². The van der Waals surface area contributed by atoms with E-state index in [-0.39, 0.29) is 23.7 Å². The summed E-state index contributed by atoms with van der Waals surface area (Å²) in [5.74, 6) is -2.69. The number of hydrogen-bond acceptors (Lipinski definition) is 3. The maximum Gasteiger partial charge on any atom is 0.358 e. The van der Waals surface area contributed by atoms with E-state index in [1.165, 1.54) is 10.7 Å². The predicted octanol–water partition coefficient (Wildman–Crippen LogP) is 2.43. The van der Waals surface area contributed by atoms with Crippen molar-refractivity contribution < 1.29 is 18.7 Å². The average Bonchev–Trinajstić information content (AvgIpc) is 2.76. The van der Waals surface area contributed by atoms with Gasteiger partial charge in [-0.1, -0.05) is 25.1 Å². The highest BCUT2D eigenvalue weighted by molar-refractivity contribution is 5.86. The first-order valence-corrected chi connectivity index (χ1v) is 6.00. The van der Waals surface area contributed by atoms with Gasteiger partial charge in [0.2, 0.25) is 0 Å². The van der Waals surface area contributed by atoms with Gasteiger partial charge in [-0.2, -0.15) is 0 Å². The van der Waals surface area contributed by atoms with Gasteiger partial charge in [0.05, 0.1) is 12.2 Å². The highest BCUT2D eigenvalue weighted by Gasteiger charge is 2.22. The number of rotatable bonds is 4. The van der Waals surface area contributed by atoms with Gasteiger partial charge in [-0.3, -0.25) is 0 Å². The van der Waals surface area contributed by atoms with E-state index in [0.29, 0.717) is 5.69 Å². The lowest BCUT2D eigenvalue weighted by Crippen LogP contribution is -2.11. The number of benzene rings is 1. The van der Waals surface area contributed by atoms with E-state index in [1.54, 1.807) is 13.8 Å². The van der Waals surface area contributed by atoms with Gasteiger partial charge in [0.25, 0.3) is 0 Å². The summed E-state index contributed by atoms with van der Waals surface area (Å²) in [4.78, 5) is 11.1. The van der Waals surface area contributed by atoms with Crippen LogP contribution in [0.5, 0.6) is 0 Å². The molecule has 0 radical (unpaired) electrons. The Morgan fingerprint density at radius 3 is 2.65 bits per heavy atom. The Hall–Kier alpha value is -2.31. The second-order valence-corrected chi connectivity index (χ2v) is 4.68. The van der Waals surface area contributed by atoms with Crippen molar-refractivity contribution in [1.29, 1.82) is 0 Å². The molecular formula is C13H13F2N3O2. The largest absolute Gasteiger partial charge is 0.476 e. The fourth-order valence-corrected chi connectivity index (χ4v) is 1.97. The lowest BCUT2D eigenvalue weighted by molar-refractivity contribution is 0.0688. The topological polar surface area (TPSA) is 68.0 Å². The molecule has 0 spiro atoms. The van der Waals surface area contributed by atoms with E-state index in [1.807, 2.05) is 0 Å². The Balaban J connectivity index is 2.41. The zero-order valence-corrected chi connectivity index (χ0v) is 11.0. The quantitative estimate of drug-likeness (QED) is 0.934. The van der Waals surface area contributed by atoms with Crippen LogP contribution < -0.4 is 0 Å². The summed E-state index contributed by atoms with van der Waals surface area (Å²) in [6.07, 6.45) is 0. The second-order valence-electron chi connectivity index (χ2n) is 4.68. The Labute approximate surface area is 113 Å². The fraction of sp³-hybridized carbons (Fsp3) is 0.308. The molecule has 0 saturated carbocycles. The summed E-state index contributed by atoms with van der Waals surface area (Å²) in [5, 5.41) is 16.4. The zero-order valence-electron chi connectivity index (χ0n) is 11.0. The van der Waals surface area contributed by atoms with Gasteiger partial charge in [-0.25, -0.2) is 18.3 Å². The molecule has 1 aromatic carbocycles. The Morgan fingerprint density at radius 2 is 2.10 bits per heavy atom. The van der Waals surface area contributed by atoms with Gasteiger partial charge in [0.1, 0.15) is 11.6 Å². The number of carboxylic acids is 1. The van der Waals surface area contributed by atoms with E-state index < -0.39 is 17.6 Å². The number of hydrogen-bond donors (Lipinski definition) is 1. The van der Waals surface area contributed by atoms with E-state index in [0.717, 1.165) is 12.1 Å². The Kier molecular flexibility index (Phi) is 3.78. The summed E-state index contributed by atoms with van der Waals surface area (Å²) >= 11 is 0. The van der Waals surface area contributed by atoms with E-state index >= 15 is 0 Å². The predicted molar refractivity (Wildman–Crippen MR) is 66.5 cm³/mol. The van der Waals surface area contributed by atoms with Crippen LogP contribution in [0.1, 0.15) is 41.5 Å². The summed E-state index contributed by atoms with van der Waals surface area (Å²) < 4.78 is 27.8. The minimum atomic E-state index is -1.18. The normalized spacial score (nSPS) is 11.1. The van der Waals surface area contributed by atoms with Crippen LogP contribution in [-0.2, 0) is 6.54 Å². The number of aromatic nitrogens is 3. The summed E-state index contributed by atoms with van der Waals surface area (Å²) in [6.45, 7) is 3.59. The van der Waals surface area contributed by atoms with Gasteiger partial charge < -0.3 is 5.11 Å². The number of aromatic carboxylic acids is 1. The standard InChI is InChI=1S/C13H13F2N3O2/c1-7(2)12-11(13(19)20)16-17-18(12)6-8-3-4-9(14)5-10(8)15/h3-5,7H,6H2,1-2H3,(H,19,20). The molecule has 1 N–H and O–H groups in total. The summed E-state index contributed by atoms with van der Waals surface area (Å²) in [7, 11) is 0. The van der Waals surface area contributed by atoms with Gasteiger partial charge in [-0.05, 0) is 12.0 Å². The van der Waals surface area contributed by atoms with E-state index in [4.69, 9.17) is 5.11 Å². The highest BCUT2D eigenvalue weighted by Crippen LogP contribution is 2.20. The molecular weight excluding hydrogens is 268 g/mol. The third-order valence-electron chi connectivity index (χ3n) is 2.86. The number of carbonyl (C=O) groups is 1. The molecule has 0 amide bonds. The van der Waals surface area contributed by atoms with E-state index in [9.17, 15) is 13.6 Å². The summed E-state index contributed by atoms with van der Waals surface area (Å²) in [5.41, 5.74) is 0.471. The molecule has 0 unspecified atom stereocenters. The minimum absolute atomic E-state index is 0.0000926. The molecule has 2 aromatic rings. The van der Waals surface area contributed by atoms with Gasteiger partial charge >= 0.3 is 5.97 Å². The number of halogens is 2. The van der Waals surface area contributed by atoms with Crippen LogP contribution in [0.3, 0.4) is 0 Å². The zero-order chi connectivity index (χ0) is 14.9. The van der Waals surface area contributed by atoms with Crippen molar-refractivity contribution in [3.63, 3.8) is 0 Å². The lowest BCUT2D eigenvalue weighted by Gasteiger charge is -2.10. The van der Waals surface area contributed by atoms with Crippen LogP contribution >= 0.6 is 0 Å². The third-order valence-corrected chi connectivity index (χ3v) is 2.86. The maximum atomic E-state index is 13.6. The molecule has 0 saturated heterocycles. The molecule has 1 heterocycles. The molecule has 20 heavy (non-hydrogen) atoms. The van der Waals surface area contributed by atoms with Crippen molar-refractivity contribution in [2.24, 2.45) is 0 Å². The fourth-order valence-electron chi connectivity index (χ4n) is 1.97. The smallest absolute Gasteiger partial charge is 0.358 e. The monoisotopic (exact) mass is 281 g/mol.